The van der Waals surface area contributed by atoms with E-state index >= 15 is 0 Å². The van der Waals surface area contributed by atoms with Crippen LogP contribution in [0.1, 0.15) is 0 Å². The molecule has 1 fully saturated rings. The van der Waals surface area contributed by atoms with Crippen molar-refractivity contribution in [2.75, 3.05) is 26.3 Å². The number of para-hydroxylation sites is 1. The van der Waals surface area contributed by atoms with Crippen molar-refractivity contribution in [3.05, 3.63) is 35.1 Å². The Balaban J connectivity index is 1.81. The zero-order valence-electron chi connectivity index (χ0n) is 10.5. The van der Waals surface area contributed by atoms with Gasteiger partial charge < -0.3 is 4.74 Å². The van der Waals surface area contributed by atoms with Gasteiger partial charge in [0.1, 0.15) is 0 Å². The Morgan fingerprint density at radius 2 is 1.84 bits per heavy atom. The Labute approximate surface area is 116 Å². The van der Waals surface area contributed by atoms with Crippen LogP contribution >= 0.6 is 12.2 Å². The third-order valence-corrected chi connectivity index (χ3v) is 3.46. The summed E-state index contributed by atoms with van der Waals surface area (Å²) in [6.07, 6.45) is 0. The summed E-state index contributed by atoms with van der Waals surface area (Å²) >= 11 is 5.42. The standard InChI is InChI=1S/C12H15N5OS/c19-12-16(10-15-6-8-18-9-7-15)13-14-17(12)11-4-2-1-3-5-11/h1-5H,6-10H2. The van der Waals surface area contributed by atoms with Gasteiger partial charge in [-0.05, 0) is 34.8 Å². The van der Waals surface area contributed by atoms with Gasteiger partial charge in [-0.15, -0.1) is 0 Å². The Morgan fingerprint density at radius 3 is 2.58 bits per heavy atom. The first-order valence-electron chi connectivity index (χ1n) is 6.23. The van der Waals surface area contributed by atoms with Crippen LogP contribution in [0.15, 0.2) is 30.3 Å². The molecule has 19 heavy (non-hydrogen) atoms. The molecule has 1 aliphatic heterocycles. The number of tetrazole rings is 1. The number of hydrogen-bond donors (Lipinski definition) is 0. The number of rotatable bonds is 3. The van der Waals surface area contributed by atoms with E-state index < -0.39 is 0 Å². The molecule has 0 N–H and O–H groups in total. The number of hydrogen-bond acceptors (Lipinski definition) is 5. The summed E-state index contributed by atoms with van der Waals surface area (Å²) in [5, 5.41) is 8.25. The lowest BCUT2D eigenvalue weighted by Crippen LogP contribution is -2.37. The van der Waals surface area contributed by atoms with Gasteiger partial charge in [0.15, 0.2) is 0 Å². The molecule has 0 atom stereocenters. The Hall–Kier alpha value is -1.57. The van der Waals surface area contributed by atoms with Crippen LogP contribution in [0.4, 0.5) is 0 Å². The van der Waals surface area contributed by atoms with E-state index in [4.69, 9.17) is 17.0 Å². The normalized spacial score (nSPS) is 16.6. The lowest BCUT2D eigenvalue weighted by molar-refractivity contribution is 0.0207. The van der Waals surface area contributed by atoms with Gasteiger partial charge >= 0.3 is 0 Å². The minimum atomic E-state index is 0.609. The average molecular weight is 277 g/mol. The van der Waals surface area contributed by atoms with Gasteiger partial charge in [0.2, 0.25) is 4.77 Å². The second kappa shape index (κ2) is 5.60. The molecule has 100 valence electrons. The van der Waals surface area contributed by atoms with Crippen molar-refractivity contribution in [1.29, 1.82) is 0 Å². The first-order valence-corrected chi connectivity index (χ1v) is 6.64. The molecule has 2 heterocycles. The molecule has 1 aromatic carbocycles. The van der Waals surface area contributed by atoms with Gasteiger partial charge in [-0.1, -0.05) is 18.2 Å². The maximum Gasteiger partial charge on any atom is 0.221 e. The number of aromatic nitrogens is 4. The van der Waals surface area contributed by atoms with Crippen LogP contribution in [-0.2, 0) is 11.4 Å². The quantitative estimate of drug-likeness (QED) is 0.786. The fourth-order valence-electron chi connectivity index (χ4n) is 2.03. The molecular formula is C12H15N5OS. The van der Waals surface area contributed by atoms with E-state index in [-0.39, 0.29) is 0 Å². The van der Waals surface area contributed by atoms with E-state index in [1.54, 1.807) is 9.36 Å². The zero-order valence-corrected chi connectivity index (χ0v) is 11.3. The predicted molar refractivity (Wildman–Crippen MR) is 72.6 cm³/mol. The summed E-state index contributed by atoms with van der Waals surface area (Å²) < 4.78 is 9.35. The predicted octanol–water partition coefficient (Wildman–Crippen LogP) is 1.09. The number of morpholine rings is 1. The molecule has 0 unspecified atom stereocenters. The summed E-state index contributed by atoms with van der Waals surface area (Å²) in [7, 11) is 0. The zero-order chi connectivity index (χ0) is 13.1. The van der Waals surface area contributed by atoms with Crippen LogP contribution in [-0.4, -0.2) is 51.0 Å². The molecule has 2 aromatic rings. The Morgan fingerprint density at radius 1 is 1.11 bits per heavy atom. The van der Waals surface area contributed by atoms with Crippen molar-refractivity contribution in [3.63, 3.8) is 0 Å². The monoisotopic (exact) mass is 277 g/mol. The van der Waals surface area contributed by atoms with E-state index in [2.05, 4.69) is 15.3 Å². The summed E-state index contributed by atoms with van der Waals surface area (Å²) in [5.41, 5.74) is 0.931. The summed E-state index contributed by atoms with van der Waals surface area (Å²) in [4.78, 5) is 2.25. The molecule has 0 aliphatic carbocycles. The van der Waals surface area contributed by atoms with Crippen LogP contribution in [0.5, 0.6) is 0 Å². The molecular weight excluding hydrogens is 262 g/mol. The minimum Gasteiger partial charge on any atom is -0.379 e. The summed E-state index contributed by atoms with van der Waals surface area (Å²) in [6, 6.07) is 9.80. The molecule has 1 aromatic heterocycles. The Kier molecular flexibility index (Phi) is 3.67. The lowest BCUT2D eigenvalue weighted by Gasteiger charge is -2.25. The highest BCUT2D eigenvalue weighted by molar-refractivity contribution is 7.71. The number of nitrogens with zero attached hydrogens (tertiary/aromatic N) is 5. The first kappa shape index (κ1) is 12.5. The van der Waals surface area contributed by atoms with Crippen LogP contribution < -0.4 is 0 Å². The van der Waals surface area contributed by atoms with Crippen molar-refractivity contribution in [1.82, 2.24) is 24.7 Å². The lowest BCUT2D eigenvalue weighted by atomic mass is 10.3. The highest BCUT2D eigenvalue weighted by atomic mass is 32.1. The van der Waals surface area contributed by atoms with E-state index in [0.717, 1.165) is 32.0 Å². The van der Waals surface area contributed by atoms with Gasteiger partial charge in [-0.25, -0.2) is 4.68 Å². The van der Waals surface area contributed by atoms with Crippen molar-refractivity contribution in [3.8, 4) is 5.69 Å². The van der Waals surface area contributed by atoms with Crippen LogP contribution in [0.25, 0.3) is 5.69 Å². The van der Waals surface area contributed by atoms with E-state index in [9.17, 15) is 0 Å². The maximum atomic E-state index is 5.42. The molecule has 0 bridgehead atoms. The van der Waals surface area contributed by atoms with Gasteiger partial charge in [0, 0.05) is 13.1 Å². The van der Waals surface area contributed by atoms with Crippen LogP contribution in [0.2, 0.25) is 0 Å². The minimum absolute atomic E-state index is 0.609. The smallest absolute Gasteiger partial charge is 0.221 e. The van der Waals surface area contributed by atoms with Crippen molar-refractivity contribution in [2.24, 2.45) is 0 Å². The molecule has 0 radical (unpaired) electrons. The summed E-state index contributed by atoms with van der Waals surface area (Å²) in [5.74, 6) is 0. The van der Waals surface area contributed by atoms with E-state index in [1.807, 2.05) is 30.3 Å². The molecule has 6 nitrogen and oxygen atoms in total. The average Bonchev–Trinajstić information content (AvgIpc) is 2.82. The topological polar surface area (TPSA) is 48.1 Å². The molecule has 0 spiro atoms. The van der Waals surface area contributed by atoms with Gasteiger partial charge in [0.05, 0.1) is 25.6 Å². The highest BCUT2D eigenvalue weighted by Gasteiger charge is 2.13. The van der Waals surface area contributed by atoms with Crippen molar-refractivity contribution >= 4 is 12.2 Å². The molecule has 1 saturated heterocycles. The van der Waals surface area contributed by atoms with Gasteiger partial charge in [-0.2, -0.15) is 4.68 Å². The first-order chi connectivity index (χ1) is 9.34. The van der Waals surface area contributed by atoms with Crippen LogP contribution in [0, 0.1) is 4.77 Å². The van der Waals surface area contributed by atoms with E-state index in [0.29, 0.717) is 11.4 Å². The second-order valence-corrected chi connectivity index (χ2v) is 4.75. The third kappa shape index (κ3) is 2.73. The molecule has 1 aliphatic rings. The number of benzene rings is 1. The fraction of sp³-hybridized carbons (Fsp3) is 0.417. The maximum absolute atomic E-state index is 5.42. The molecule has 7 heteroatoms. The third-order valence-electron chi connectivity index (χ3n) is 3.08. The molecule has 0 saturated carbocycles. The largest absolute Gasteiger partial charge is 0.379 e. The molecule has 0 amide bonds. The van der Waals surface area contributed by atoms with Gasteiger partial charge in [0.25, 0.3) is 0 Å². The summed E-state index contributed by atoms with van der Waals surface area (Å²) in [6.45, 7) is 4.00. The number of ether oxygens (including phenoxy) is 1. The second-order valence-electron chi connectivity index (χ2n) is 4.38. The van der Waals surface area contributed by atoms with Crippen LogP contribution in [0.3, 0.4) is 0 Å². The van der Waals surface area contributed by atoms with Gasteiger partial charge in [-0.3, -0.25) is 4.90 Å². The highest BCUT2D eigenvalue weighted by Crippen LogP contribution is 2.06. The van der Waals surface area contributed by atoms with E-state index in [1.165, 1.54) is 0 Å². The Bertz CT molecular complexity index is 588. The SMILES string of the molecule is S=c1n(CN2CCOCC2)nnn1-c1ccccc1. The fourth-order valence-corrected chi connectivity index (χ4v) is 2.26. The van der Waals surface area contributed by atoms with Crippen molar-refractivity contribution < 1.29 is 4.74 Å². The van der Waals surface area contributed by atoms with Crippen molar-refractivity contribution in [2.45, 2.75) is 6.67 Å². The molecule has 3 rings (SSSR count).